The number of hydrogen-bond acceptors (Lipinski definition) is 4. The highest BCUT2D eigenvalue weighted by atomic mass is 16.5. The van der Waals surface area contributed by atoms with E-state index in [9.17, 15) is 0 Å². The average Bonchev–Trinajstić information content (AvgIpc) is 2.89. The third-order valence-electron chi connectivity index (χ3n) is 5.37. The normalized spacial score (nSPS) is 10.9. The van der Waals surface area contributed by atoms with Gasteiger partial charge in [0.2, 0.25) is 0 Å². The SMILES string of the molecule is CCOc1ccc(-c2cc(/C=C/c3ccc(OC)cc3)nc(-c3ccc(OCC)cc3)c2)cc1. The van der Waals surface area contributed by atoms with E-state index < -0.39 is 0 Å². The zero-order valence-electron chi connectivity index (χ0n) is 19.8. The van der Waals surface area contributed by atoms with Crippen LogP contribution in [0.3, 0.4) is 0 Å². The summed E-state index contributed by atoms with van der Waals surface area (Å²) >= 11 is 0. The second kappa shape index (κ2) is 11.2. The van der Waals surface area contributed by atoms with Crippen LogP contribution in [0.1, 0.15) is 25.1 Å². The molecule has 4 heteroatoms. The highest BCUT2D eigenvalue weighted by Gasteiger charge is 2.07. The molecule has 0 spiro atoms. The topological polar surface area (TPSA) is 40.6 Å². The summed E-state index contributed by atoms with van der Waals surface area (Å²) in [4.78, 5) is 4.92. The molecular weight excluding hydrogens is 422 g/mol. The van der Waals surface area contributed by atoms with E-state index in [4.69, 9.17) is 19.2 Å². The minimum absolute atomic E-state index is 0.644. The summed E-state index contributed by atoms with van der Waals surface area (Å²) in [6, 6.07) is 28.4. The molecule has 1 aromatic heterocycles. The Balaban J connectivity index is 1.71. The average molecular weight is 452 g/mol. The van der Waals surface area contributed by atoms with E-state index in [0.717, 1.165) is 50.9 Å². The molecule has 0 amide bonds. The first-order chi connectivity index (χ1) is 16.7. The molecule has 0 aliphatic heterocycles. The van der Waals surface area contributed by atoms with E-state index in [2.05, 4.69) is 30.3 Å². The summed E-state index contributed by atoms with van der Waals surface area (Å²) in [5, 5.41) is 0. The Bertz CT molecular complexity index is 1160. The summed E-state index contributed by atoms with van der Waals surface area (Å²) < 4.78 is 16.5. The zero-order valence-corrected chi connectivity index (χ0v) is 19.8. The Kier molecular flexibility index (Phi) is 7.61. The van der Waals surface area contributed by atoms with Gasteiger partial charge in [-0.3, -0.25) is 0 Å². The van der Waals surface area contributed by atoms with Crippen LogP contribution in [-0.2, 0) is 0 Å². The first kappa shape index (κ1) is 23.1. The largest absolute Gasteiger partial charge is 0.497 e. The molecule has 34 heavy (non-hydrogen) atoms. The van der Waals surface area contributed by atoms with E-state index in [-0.39, 0.29) is 0 Å². The third kappa shape index (κ3) is 5.84. The van der Waals surface area contributed by atoms with Crippen molar-refractivity contribution in [2.24, 2.45) is 0 Å². The Morgan fingerprint density at radius 1 is 0.618 bits per heavy atom. The van der Waals surface area contributed by atoms with Crippen molar-refractivity contribution in [1.29, 1.82) is 0 Å². The predicted octanol–water partition coefficient (Wildman–Crippen LogP) is 7.39. The van der Waals surface area contributed by atoms with Crippen LogP contribution in [0.25, 0.3) is 34.5 Å². The van der Waals surface area contributed by atoms with E-state index in [1.165, 1.54) is 0 Å². The summed E-state index contributed by atoms with van der Waals surface area (Å²) in [5.74, 6) is 2.56. The lowest BCUT2D eigenvalue weighted by Gasteiger charge is -2.10. The molecule has 4 aromatic rings. The Morgan fingerprint density at radius 2 is 1.18 bits per heavy atom. The number of hydrogen-bond donors (Lipinski definition) is 0. The zero-order chi connectivity index (χ0) is 23.8. The maximum Gasteiger partial charge on any atom is 0.119 e. The van der Waals surface area contributed by atoms with Gasteiger partial charge in [-0.15, -0.1) is 0 Å². The number of aromatic nitrogens is 1. The molecule has 0 aliphatic carbocycles. The predicted molar refractivity (Wildman–Crippen MR) is 139 cm³/mol. The van der Waals surface area contributed by atoms with Gasteiger partial charge in [-0.05, 0) is 97.3 Å². The minimum atomic E-state index is 0.644. The first-order valence-electron chi connectivity index (χ1n) is 11.5. The lowest BCUT2D eigenvalue weighted by Crippen LogP contribution is -1.93. The number of nitrogens with zero attached hydrogens (tertiary/aromatic N) is 1. The van der Waals surface area contributed by atoms with E-state index >= 15 is 0 Å². The molecular formula is C30H29NO3. The fraction of sp³-hybridized carbons (Fsp3) is 0.167. The standard InChI is InChI=1S/C30H29NO3/c1-4-33-28-16-9-23(10-17-28)25-20-26(13-6-22-7-14-27(32-3)15-8-22)31-30(21-25)24-11-18-29(19-12-24)34-5-2/h6-21H,4-5H2,1-3H3/b13-6+. The Morgan fingerprint density at radius 3 is 1.74 bits per heavy atom. The van der Waals surface area contributed by atoms with Crippen LogP contribution < -0.4 is 14.2 Å². The van der Waals surface area contributed by atoms with Gasteiger partial charge in [0.15, 0.2) is 0 Å². The lowest BCUT2D eigenvalue weighted by atomic mass is 10.0. The monoisotopic (exact) mass is 451 g/mol. The fourth-order valence-electron chi connectivity index (χ4n) is 3.65. The first-order valence-corrected chi connectivity index (χ1v) is 11.5. The van der Waals surface area contributed by atoms with Crippen molar-refractivity contribution >= 4 is 12.2 Å². The van der Waals surface area contributed by atoms with Gasteiger partial charge in [-0.1, -0.05) is 30.3 Å². The van der Waals surface area contributed by atoms with Crippen molar-refractivity contribution in [3.63, 3.8) is 0 Å². The fourth-order valence-corrected chi connectivity index (χ4v) is 3.65. The molecule has 0 saturated heterocycles. The van der Waals surface area contributed by atoms with Crippen LogP contribution in [0.5, 0.6) is 17.2 Å². The molecule has 0 unspecified atom stereocenters. The number of rotatable bonds is 9. The number of methoxy groups -OCH3 is 1. The number of ether oxygens (including phenoxy) is 3. The molecule has 0 atom stereocenters. The van der Waals surface area contributed by atoms with Crippen LogP contribution in [0, 0.1) is 0 Å². The highest BCUT2D eigenvalue weighted by molar-refractivity contribution is 5.76. The maximum atomic E-state index is 5.60. The van der Waals surface area contributed by atoms with Gasteiger partial charge in [0.25, 0.3) is 0 Å². The summed E-state index contributed by atoms with van der Waals surface area (Å²) in [6.45, 7) is 5.26. The summed E-state index contributed by atoms with van der Waals surface area (Å²) in [5.41, 5.74) is 6.11. The van der Waals surface area contributed by atoms with Gasteiger partial charge in [-0.25, -0.2) is 4.98 Å². The summed E-state index contributed by atoms with van der Waals surface area (Å²) in [7, 11) is 1.67. The van der Waals surface area contributed by atoms with Gasteiger partial charge < -0.3 is 14.2 Å². The van der Waals surface area contributed by atoms with Crippen LogP contribution in [0.2, 0.25) is 0 Å². The Hall–Kier alpha value is -4.05. The second-order valence-electron chi connectivity index (χ2n) is 7.69. The van der Waals surface area contributed by atoms with Gasteiger partial charge in [-0.2, -0.15) is 0 Å². The second-order valence-corrected chi connectivity index (χ2v) is 7.69. The molecule has 0 radical (unpaired) electrons. The van der Waals surface area contributed by atoms with Gasteiger partial charge in [0.1, 0.15) is 17.2 Å². The van der Waals surface area contributed by atoms with Crippen molar-refractivity contribution in [2.45, 2.75) is 13.8 Å². The molecule has 0 fully saturated rings. The van der Waals surface area contributed by atoms with Crippen LogP contribution in [-0.4, -0.2) is 25.3 Å². The van der Waals surface area contributed by atoms with Gasteiger partial charge in [0.05, 0.1) is 31.7 Å². The molecule has 0 aliphatic rings. The number of benzene rings is 3. The molecule has 0 saturated carbocycles. The van der Waals surface area contributed by atoms with Crippen molar-refractivity contribution in [3.05, 3.63) is 96.2 Å². The molecule has 4 nitrogen and oxygen atoms in total. The summed E-state index contributed by atoms with van der Waals surface area (Å²) in [6.07, 6.45) is 4.10. The van der Waals surface area contributed by atoms with Crippen LogP contribution in [0.4, 0.5) is 0 Å². The third-order valence-corrected chi connectivity index (χ3v) is 5.37. The molecule has 1 heterocycles. The molecule has 0 N–H and O–H groups in total. The van der Waals surface area contributed by atoms with Crippen LogP contribution >= 0.6 is 0 Å². The van der Waals surface area contributed by atoms with Crippen molar-refractivity contribution in [2.75, 3.05) is 20.3 Å². The maximum absolute atomic E-state index is 5.60. The lowest BCUT2D eigenvalue weighted by molar-refractivity contribution is 0.340. The van der Waals surface area contributed by atoms with Crippen molar-refractivity contribution in [3.8, 4) is 39.6 Å². The molecule has 172 valence electrons. The van der Waals surface area contributed by atoms with Gasteiger partial charge >= 0.3 is 0 Å². The molecule has 3 aromatic carbocycles. The Labute approximate surface area is 201 Å². The van der Waals surface area contributed by atoms with Crippen LogP contribution in [0.15, 0.2) is 84.9 Å². The minimum Gasteiger partial charge on any atom is -0.497 e. The van der Waals surface area contributed by atoms with Crippen molar-refractivity contribution < 1.29 is 14.2 Å². The molecule has 0 bridgehead atoms. The van der Waals surface area contributed by atoms with E-state index in [1.807, 2.05) is 80.6 Å². The smallest absolute Gasteiger partial charge is 0.119 e. The quantitative estimate of drug-likeness (QED) is 0.266. The van der Waals surface area contributed by atoms with E-state index in [0.29, 0.717) is 13.2 Å². The van der Waals surface area contributed by atoms with Crippen molar-refractivity contribution in [1.82, 2.24) is 4.98 Å². The highest BCUT2D eigenvalue weighted by Crippen LogP contribution is 2.29. The molecule has 4 rings (SSSR count). The van der Waals surface area contributed by atoms with E-state index in [1.54, 1.807) is 7.11 Å². The van der Waals surface area contributed by atoms with Gasteiger partial charge in [0, 0.05) is 5.56 Å². The number of pyridine rings is 1.